The van der Waals surface area contributed by atoms with Gasteiger partial charge in [-0.2, -0.15) is 0 Å². The van der Waals surface area contributed by atoms with E-state index in [4.69, 9.17) is 0 Å². The van der Waals surface area contributed by atoms with Crippen molar-refractivity contribution in [2.75, 3.05) is 13.1 Å². The molecule has 2 aromatic heterocycles. The zero-order valence-corrected chi connectivity index (χ0v) is 18.2. The molecular formula is C25H27N5O2. The van der Waals surface area contributed by atoms with Gasteiger partial charge in [0.15, 0.2) is 0 Å². The first-order valence-electron chi connectivity index (χ1n) is 10.9. The first kappa shape index (κ1) is 21.6. The summed E-state index contributed by atoms with van der Waals surface area (Å²) in [5, 5.41) is 2.98. The number of carbonyl (C=O) groups excluding carboxylic acids is 2. The van der Waals surface area contributed by atoms with Crippen molar-refractivity contribution in [1.82, 2.24) is 25.2 Å². The lowest BCUT2D eigenvalue weighted by Gasteiger charge is -2.32. The number of likely N-dealkylation sites (tertiary alicyclic amines) is 1. The minimum atomic E-state index is -0.168. The summed E-state index contributed by atoms with van der Waals surface area (Å²) in [6.07, 6.45) is 6.96. The van der Waals surface area contributed by atoms with Crippen molar-refractivity contribution in [3.63, 3.8) is 0 Å². The van der Waals surface area contributed by atoms with E-state index in [1.165, 1.54) is 0 Å². The third-order valence-electron chi connectivity index (χ3n) is 5.79. The van der Waals surface area contributed by atoms with E-state index in [2.05, 4.69) is 20.3 Å². The lowest BCUT2D eigenvalue weighted by molar-refractivity contribution is -0.131. The van der Waals surface area contributed by atoms with Crippen LogP contribution in [0.5, 0.6) is 0 Å². The lowest BCUT2D eigenvalue weighted by Crippen LogP contribution is -2.39. The molecule has 0 spiro atoms. The summed E-state index contributed by atoms with van der Waals surface area (Å²) in [7, 11) is 0. The maximum Gasteiger partial charge on any atom is 0.254 e. The molecule has 1 aliphatic rings. The Balaban J connectivity index is 1.40. The van der Waals surface area contributed by atoms with Gasteiger partial charge in [-0.25, -0.2) is 9.97 Å². The number of hydrogen-bond acceptors (Lipinski definition) is 5. The molecule has 3 heterocycles. The molecule has 1 N–H and O–H groups in total. The Morgan fingerprint density at radius 1 is 1.03 bits per heavy atom. The maximum atomic E-state index is 12.9. The molecule has 164 valence electrons. The zero-order chi connectivity index (χ0) is 22.3. The number of nitrogens with one attached hydrogen (secondary N) is 1. The molecule has 1 fully saturated rings. The molecule has 0 unspecified atom stereocenters. The van der Waals surface area contributed by atoms with Crippen LogP contribution in [0.15, 0.2) is 61.1 Å². The molecule has 32 heavy (non-hydrogen) atoms. The van der Waals surface area contributed by atoms with Crippen LogP contribution in [0.1, 0.15) is 51.8 Å². The molecule has 0 saturated carbocycles. The highest BCUT2D eigenvalue weighted by atomic mass is 16.2. The van der Waals surface area contributed by atoms with E-state index in [1.54, 1.807) is 18.6 Å². The van der Waals surface area contributed by atoms with Crippen LogP contribution in [-0.2, 0) is 17.8 Å². The summed E-state index contributed by atoms with van der Waals surface area (Å²) in [6.45, 7) is 3.59. The summed E-state index contributed by atoms with van der Waals surface area (Å²) < 4.78 is 0. The van der Waals surface area contributed by atoms with Crippen LogP contribution in [0.25, 0.3) is 0 Å². The Bertz CT molecular complexity index is 1060. The summed E-state index contributed by atoms with van der Waals surface area (Å²) in [4.78, 5) is 40.4. The summed E-state index contributed by atoms with van der Waals surface area (Å²) >= 11 is 0. The maximum absolute atomic E-state index is 12.9. The van der Waals surface area contributed by atoms with Gasteiger partial charge in [0.2, 0.25) is 5.91 Å². The smallest absolute Gasteiger partial charge is 0.254 e. The predicted molar refractivity (Wildman–Crippen MR) is 121 cm³/mol. The molecule has 4 rings (SSSR count). The first-order valence-corrected chi connectivity index (χ1v) is 10.9. The topological polar surface area (TPSA) is 88.1 Å². The Morgan fingerprint density at radius 3 is 2.50 bits per heavy atom. The third-order valence-corrected chi connectivity index (χ3v) is 5.79. The van der Waals surface area contributed by atoms with E-state index in [9.17, 15) is 9.59 Å². The fourth-order valence-electron chi connectivity index (χ4n) is 4.04. The largest absolute Gasteiger partial charge is 0.348 e. The summed E-state index contributed by atoms with van der Waals surface area (Å²) in [5.41, 5.74) is 3.26. The van der Waals surface area contributed by atoms with E-state index < -0.39 is 0 Å². The first-order chi connectivity index (χ1) is 15.6. The van der Waals surface area contributed by atoms with Crippen LogP contribution in [0.4, 0.5) is 0 Å². The second kappa shape index (κ2) is 10.1. The number of aryl methyl sites for hydroxylation is 1. The zero-order valence-electron chi connectivity index (χ0n) is 18.2. The minimum absolute atomic E-state index is 0.108. The molecule has 1 aliphatic heterocycles. The molecule has 1 saturated heterocycles. The van der Waals surface area contributed by atoms with Crippen LogP contribution in [-0.4, -0.2) is 44.8 Å². The summed E-state index contributed by atoms with van der Waals surface area (Å²) in [6, 6.07) is 13.6. The van der Waals surface area contributed by atoms with Gasteiger partial charge in [0.1, 0.15) is 5.82 Å². The van der Waals surface area contributed by atoms with Crippen molar-refractivity contribution in [3.05, 3.63) is 89.3 Å². The monoisotopic (exact) mass is 429 g/mol. The normalized spacial score (nSPS) is 14.2. The van der Waals surface area contributed by atoms with Crippen molar-refractivity contribution in [2.45, 2.75) is 38.6 Å². The molecule has 0 atom stereocenters. The second-order valence-electron chi connectivity index (χ2n) is 8.08. The van der Waals surface area contributed by atoms with Crippen molar-refractivity contribution < 1.29 is 9.59 Å². The van der Waals surface area contributed by atoms with E-state index in [-0.39, 0.29) is 17.7 Å². The number of hydrogen-bond donors (Lipinski definition) is 1. The average Bonchev–Trinajstić information content (AvgIpc) is 2.84. The van der Waals surface area contributed by atoms with Gasteiger partial charge in [-0.05, 0) is 37.0 Å². The van der Waals surface area contributed by atoms with Gasteiger partial charge >= 0.3 is 0 Å². The predicted octanol–water partition coefficient (Wildman–Crippen LogP) is 3.06. The summed E-state index contributed by atoms with van der Waals surface area (Å²) in [5.74, 6) is 0.710. The Morgan fingerprint density at radius 2 is 1.78 bits per heavy atom. The molecule has 2 amide bonds. The Labute approximate surface area is 187 Å². The fraction of sp³-hybridized carbons (Fsp3) is 0.320. The lowest BCUT2D eigenvalue weighted by atomic mass is 9.90. The molecule has 0 radical (unpaired) electrons. The number of carbonyl (C=O) groups is 2. The van der Waals surface area contributed by atoms with Crippen molar-refractivity contribution in [3.8, 4) is 0 Å². The van der Waals surface area contributed by atoms with Gasteiger partial charge in [0.05, 0.1) is 17.7 Å². The fourth-order valence-corrected chi connectivity index (χ4v) is 4.04. The van der Waals surface area contributed by atoms with Gasteiger partial charge in [-0.1, -0.05) is 36.4 Å². The van der Waals surface area contributed by atoms with Gasteiger partial charge in [-0.3, -0.25) is 14.6 Å². The van der Waals surface area contributed by atoms with Gasteiger partial charge in [0, 0.05) is 44.1 Å². The van der Waals surface area contributed by atoms with Gasteiger partial charge in [0.25, 0.3) is 5.91 Å². The van der Waals surface area contributed by atoms with Crippen LogP contribution in [0.3, 0.4) is 0 Å². The molecule has 0 bridgehead atoms. The number of nitrogens with zero attached hydrogens (tertiary/aromatic N) is 4. The Kier molecular flexibility index (Phi) is 6.84. The van der Waals surface area contributed by atoms with Gasteiger partial charge in [-0.15, -0.1) is 0 Å². The van der Waals surface area contributed by atoms with Crippen LogP contribution >= 0.6 is 0 Å². The number of piperidine rings is 1. The van der Waals surface area contributed by atoms with E-state index in [0.29, 0.717) is 37.4 Å². The number of pyridine rings is 1. The molecular weight excluding hydrogens is 402 g/mol. The van der Waals surface area contributed by atoms with E-state index in [0.717, 1.165) is 29.7 Å². The van der Waals surface area contributed by atoms with Crippen LogP contribution in [0.2, 0.25) is 0 Å². The third kappa shape index (κ3) is 5.35. The second-order valence-corrected chi connectivity index (χ2v) is 8.08. The quantitative estimate of drug-likeness (QED) is 0.651. The standard InChI is InChI=1S/C25H27N5O2/c1-18-27-17-22(25(32)28-16-19-6-3-2-4-7-19)24(29-18)21-9-12-30(13-10-21)23(31)14-20-8-5-11-26-15-20/h2-8,11,15,17,21H,9-10,12-14,16H2,1H3,(H,28,32). The van der Waals surface area contributed by atoms with Crippen molar-refractivity contribution in [1.29, 1.82) is 0 Å². The van der Waals surface area contributed by atoms with E-state index >= 15 is 0 Å². The molecule has 7 nitrogen and oxygen atoms in total. The average molecular weight is 430 g/mol. The molecule has 3 aromatic rings. The van der Waals surface area contributed by atoms with Crippen molar-refractivity contribution >= 4 is 11.8 Å². The highest BCUT2D eigenvalue weighted by Crippen LogP contribution is 2.29. The number of aromatic nitrogens is 3. The van der Waals surface area contributed by atoms with Crippen LogP contribution in [0, 0.1) is 6.92 Å². The SMILES string of the molecule is Cc1ncc(C(=O)NCc2ccccc2)c(C2CCN(C(=O)Cc3cccnc3)CC2)n1. The minimum Gasteiger partial charge on any atom is -0.348 e. The highest BCUT2D eigenvalue weighted by Gasteiger charge is 2.28. The number of benzene rings is 1. The van der Waals surface area contributed by atoms with Crippen molar-refractivity contribution in [2.24, 2.45) is 0 Å². The van der Waals surface area contributed by atoms with Gasteiger partial charge < -0.3 is 10.2 Å². The molecule has 0 aliphatic carbocycles. The number of rotatable bonds is 6. The Hall–Kier alpha value is -3.61. The highest BCUT2D eigenvalue weighted by molar-refractivity contribution is 5.95. The molecule has 1 aromatic carbocycles. The number of amides is 2. The van der Waals surface area contributed by atoms with Crippen LogP contribution < -0.4 is 5.32 Å². The van der Waals surface area contributed by atoms with E-state index in [1.807, 2.05) is 54.3 Å². The molecule has 7 heteroatoms.